The molecule has 0 aliphatic heterocycles. The molecule has 0 saturated carbocycles. The summed E-state index contributed by atoms with van der Waals surface area (Å²) in [6, 6.07) is 11.5. The molecule has 1 amide bonds. The van der Waals surface area contributed by atoms with Crippen molar-refractivity contribution in [1.82, 2.24) is 15.5 Å². The highest BCUT2D eigenvalue weighted by Gasteiger charge is 2.10. The van der Waals surface area contributed by atoms with E-state index in [1.165, 1.54) is 5.56 Å². The molecule has 24 heavy (non-hydrogen) atoms. The highest BCUT2D eigenvalue weighted by molar-refractivity contribution is 7.13. The van der Waals surface area contributed by atoms with Gasteiger partial charge < -0.3 is 9.84 Å². The first-order valence-electron chi connectivity index (χ1n) is 7.58. The van der Waals surface area contributed by atoms with Gasteiger partial charge in [-0.1, -0.05) is 35.0 Å². The van der Waals surface area contributed by atoms with Gasteiger partial charge in [-0.25, -0.2) is 0 Å². The number of rotatable bonds is 7. The SMILES string of the molecule is O=C(CCCc1ccc(Cl)cc1)NCc1nc(-c2cccs2)no1. The van der Waals surface area contributed by atoms with Crippen LogP contribution in [-0.4, -0.2) is 16.0 Å². The zero-order valence-electron chi connectivity index (χ0n) is 12.9. The third-order valence-electron chi connectivity index (χ3n) is 3.43. The number of aryl methyl sites for hydroxylation is 1. The smallest absolute Gasteiger partial charge is 0.246 e. The minimum absolute atomic E-state index is 0.0279. The summed E-state index contributed by atoms with van der Waals surface area (Å²) in [5.41, 5.74) is 1.17. The fourth-order valence-corrected chi connectivity index (χ4v) is 2.97. The number of carbonyl (C=O) groups is 1. The van der Waals surface area contributed by atoms with Crippen LogP contribution in [0.2, 0.25) is 5.02 Å². The molecule has 3 aromatic rings. The van der Waals surface area contributed by atoms with Gasteiger partial charge in [-0.05, 0) is 42.0 Å². The van der Waals surface area contributed by atoms with Crippen molar-refractivity contribution in [3.63, 3.8) is 0 Å². The molecule has 0 aliphatic carbocycles. The van der Waals surface area contributed by atoms with Crippen LogP contribution in [0.25, 0.3) is 10.7 Å². The Balaban J connectivity index is 1.40. The lowest BCUT2D eigenvalue weighted by Crippen LogP contribution is -2.22. The number of aromatic nitrogens is 2. The third kappa shape index (κ3) is 4.66. The maximum Gasteiger partial charge on any atom is 0.246 e. The van der Waals surface area contributed by atoms with E-state index in [1.807, 2.05) is 41.8 Å². The van der Waals surface area contributed by atoms with Crippen LogP contribution in [0.4, 0.5) is 0 Å². The maximum atomic E-state index is 11.9. The topological polar surface area (TPSA) is 68.0 Å². The van der Waals surface area contributed by atoms with Crippen molar-refractivity contribution in [3.8, 4) is 10.7 Å². The quantitative estimate of drug-likeness (QED) is 0.688. The van der Waals surface area contributed by atoms with E-state index in [9.17, 15) is 4.79 Å². The average Bonchev–Trinajstić information content (AvgIpc) is 3.26. The minimum Gasteiger partial charge on any atom is -0.347 e. The number of hydrogen-bond acceptors (Lipinski definition) is 5. The van der Waals surface area contributed by atoms with Crippen molar-refractivity contribution in [2.75, 3.05) is 0 Å². The van der Waals surface area contributed by atoms with Crippen molar-refractivity contribution in [2.24, 2.45) is 0 Å². The molecule has 0 saturated heterocycles. The Labute approximate surface area is 148 Å². The second-order valence-corrected chi connectivity index (χ2v) is 6.63. The number of amides is 1. The van der Waals surface area contributed by atoms with Gasteiger partial charge in [0.1, 0.15) is 0 Å². The summed E-state index contributed by atoms with van der Waals surface area (Å²) in [7, 11) is 0. The van der Waals surface area contributed by atoms with Crippen LogP contribution in [0.5, 0.6) is 0 Å². The predicted molar refractivity (Wildman–Crippen MR) is 93.8 cm³/mol. The van der Waals surface area contributed by atoms with Crippen molar-refractivity contribution in [1.29, 1.82) is 0 Å². The first-order chi connectivity index (χ1) is 11.7. The van der Waals surface area contributed by atoms with E-state index in [2.05, 4.69) is 15.5 Å². The summed E-state index contributed by atoms with van der Waals surface area (Å²) in [5.74, 6) is 0.932. The molecule has 0 bridgehead atoms. The molecule has 1 aromatic carbocycles. The summed E-state index contributed by atoms with van der Waals surface area (Å²) in [6.07, 6.45) is 2.07. The number of nitrogens with one attached hydrogen (secondary N) is 1. The van der Waals surface area contributed by atoms with E-state index in [-0.39, 0.29) is 12.5 Å². The van der Waals surface area contributed by atoms with Crippen LogP contribution in [0.1, 0.15) is 24.3 Å². The standard InChI is InChI=1S/C17H16ClN3O2S/c18-13-8-6-12(7-9-13)3-1-5-15(22)19-11-16-20-17(21-23-16)14-4-2-10-24-14/h2,4,6-10H,1,3,5,11H2,(H,19,22). The Kier molecular flexibility index (Phi) is 5.61. The number of halogens is 1. The van der Waals surface area contributed by atoms with Gasteiger partial charge in [-0.2, -0.15) is 4.98 Å². The van der Waals surface area contributed by atoms with Gasteiger partial charge in [0, 0.05) is 11.4 Å². The van der Waals surface area contributed by atoms with Gasteiger partial charge in [-0.3, -0.25) is 4.79 Å². The summed E-state index contributed by atoms with van der Waals surface area (Å²) in [5, 5.41) is 9.38. The highest BCUT2D eigenvalue weighted by Crippen LogP contribution is 2.21. The van der Waals surface area contributed by atoms with Crippen molar-refractivity contribution >= 4 is 28.8 Å². The number of carbonyl (C=O) groups excluding carboxylic acids is 1. The Morgan fingerprint density at radius 2 is 2.08 bits per heavy atom. The Hall–Kier alpha value is -2.18. The van der Waals surface area contributed by atoms with E-state index in [4.69, 9.17) is 16.1 Å². The first-order valence-corrected chi connectivity index (χ1v) is 8.84. The first kappa shape index (κ1) is 16.7. The minimum atomic E-state index is -0.0279. The van der Waals surface area contributed by atoms with Gasteiger partial charge in [0.25, 0.3) is 0 Å². The zero-order valence-corrected chi connectivity index (χ0v) is 14.4. The van der Waals surface area contributed by atoms with Crippen LogP contribution in [0.3, 0.4) is 0 Å². The Bertz CT molecular complexity index is 785. The third-order valence-corrected chi connectivity index (χ3v) is 4.55. The highest BCUT2D eigenvalue weighted by atomic mass is 35.5. The molecule has 3 rings (SSSR count). The normalized spacial score (nSPS) is 10.7. The van der Waals surface area contributed by atoms with Crippen LogP contribution in [0, 0.1) is 0 Å². The lowest BCUT2D eigenvalue weighted by atomic mass is 10.1. The molecule has 0 atom stereocenters. The summed E-state index contributed by atoms with van der Waals surface area (Å²) >= 11 is 7.39. The van der Waals surface area contributed by atoms with E-state index >= 15 is 0 Å². The van der Waals surface area contributed by atoms with E-state index in [0.29, 0.717) is 18.1 Å². The lowest BCUT2D eigenvalue weighted by Gasteiger charge is -2.03. The molecule has 5 nitrogen and oxygen atoms in total. The maximum absolute atomic E-state index is 11.9. The van der Waals surface area contributed by atoms with Gasteiger partial charge in [-0.15, -0.1) is 11.3 Å². The molecule has 0 unspecified atom stereocenters. The van der Waals surface area contributed by atoms with Crippen LogP contribution >= 0.6 is 22.9 Å². The van der Waals surface area contributed by atoms with Gasteiger partial charge in [0.15, 0.2) is 0 Å². The van der Waals surface area contributed by atoms with E-state index < -0.39 is 0 Å². The van der Waals surface area contributed by atoms with E-state index in [0.717, 1.165) is 22.7 Å². The van der Waals surface area contributed by atoms with Gasteiger partial charge >= 0.3 is 0 Å². The molecule has 1 N–H and O–H groups in total. The second-order valence-electron chi connectivity index (χ2n) is 5.25. The number of thiophene rings is 1. The fraction of sp³-hybridized carbons (Fsp3) is 0.235. The monoisotopic (exact) mass is 361 g/mol. The van der Waals surface area contributed by atoms with Crippen LogP contribution in [0.15, 0.2) is 46.3 Å². The zero-order chi connectivity index (χ0) is 16.8. The van der Waals surface area contributed by atoms with Crippen LogP contribution in [-0.2, 0) is 17.8 Å². The summed E-state index contributed by atoms with van der Waals surface area (Å²) in [4.78, 5) is 17.1. The summed E-state index contributed by atoms with van der Waals surface area (Å²) < 4.78 is 5.14. The molecule has 0 aliphatic rings. The van der Waals surface area contributed by atoms with Crippen molar-refractivity contribution in [3.05, 3.63) is 58.3 Å². The molecule has 2 heterocycles. The van der Waals surface area contributed by atoms with E-state index in [1.54, 1.807) is 11.3 Å². The van der Waals surface area contributed by atoms with Crippen molar-refractivity contribution < 1.29 is 9.32 Å². The number of nitrogens with zero attached hydrogens (tertiary/aromatic N) is 2. The largest absolute Gasteiger partial charge is 0.347 e. The number of hydrogen-bond donors (Lipinski definition) is 1. The fourth-order valence-electron chi connectivity index (χ4n) is 2.20. The molecule has 0 fully saturated rings. The molecule has 0 radical (unpaired) electrons. The molecule has 7 heteroatoms. The molecular weight excluding hydrogens is 346 g/mol. The summed E-state index contributed by atoms with van der Waals surface area (Å²) in [6.45, 7) is 0.248. The predicted octanol–water partition coefficient (Wildman–Crippen LogP) is 4.09. The lowest BCUT2D eigenvalue weighted by molar-refractivity contribution is -0.121. The molecular formula is C17H16ClN3O2S. The average molecular weight is 362 g/mol. The molecule has 124 valence electrons. The number of benzene rings is 1. The molecule has 0 spiro atoms. The molecule has 2 aromatic heterocycles. The van der Waals surface area contributed by atoms with Crippen LogP contribution < -0.4 is 5.32 Å². The van der Waals surface area contributed by atoms with Crippen molar-refractivity contribution in [2.45, 2.75) is 25.8 Å². The van der Waals surface area contributed by atoms with Gasteiger partial charge in [0.2, 0.25) is 17.6 Å². The van der Waals surface area contributed by atoms with Gasteiger partial charge in [0.05, 0.1) is 11.4 Å². The second kappa shape index (κ2) is 8.08. The Morgan fingerprint density at radius 1 is 1.25 bits per heavy atom. The Morgan fingerprint density at radius 3 is 2.83 bits per heavy atom.